The third-order valence-corrected chi connectivity index (χ3v) is 1.62. The van der Waals surface area contributed by atoms with Crippen LogP contribution in [0.4, 0.5) is 8.78 Å². The monoisotopic (exact) mass is 208 g/mol. The maximum absolute atomic E-state index is 13.0. The van der Waals surface area contributed by atoms with Gasteiger partial charge in [0.25, 0.3) is 0 Å². The standard InChI is InChI=1S/C10H6F2N2O/c11-8-3-6(1-2-10(14)15)4-9(12)7(8)5-13/h1-4H,(H2,14,15). The molecule has 0 bridgehead atoms. The molecule has 0 spiro atoms. The molecule has 1 rings (SSSR count). The van der Waals surface area contributed by atoms with Crippen molar-refractivity contribution in [2.45, 2.75) is 0 Å². The Bertz CT molecular complexity index is 452. The molecule has 0 radical (unpaired) electrons. The van der Waals surface area contributed by atoms with Crippen LogP contribution in [-0.4, -0.2) is 5.91 Å². The molecule has 5 heteroatoms. The number of amides is 1. The van der Waals surface area contributed by atoms with E-state index in [9.17, 15) is 13.6 Å². The molecule has 0 aliphatic heterocycles. The smallest absolute Gasteiger partial charge is 0.241 e. The van der Waals surface area contributed by atoms with Crippen molar-refractivity contribution < 1.29 is 13.6 Å². The summed E-state index contributed by atoms with van der Waals surface area (Å²) in [5.74, 6) is -2.66. The first-order chi connectivity index (χ1) is 7.04. The van der Waals surface area contributed by atoms with E-state index in [1.54, 1.807) is 0 Å². The number of nitriles is 1. The highest BCUT2D eigenvalue weighted by molar-refractivity contribution is 5.90. The fourth-order valence-corrected chi connectivity index (χ4v) is 0.974. The molecule has 0 aliphatic carbocycles. The van der Waals surface area contributed by atoms with Crippen LogP contribution in [0.3, 0.4) is 0 Å². The molecule has 0 aromatic heterocycles. The first-order valence-corrected chi connectivity index (χ1v) is 3.91. The van der Waals surface area contributed by atoms with Crippen molar-refractivity contribution in [2.75, 3.05) is 0 Å². The Morgan fingerprint density at radius 3 is 2.33 bits per heavy atom. The Kier molecular flexibility index (Phi) is 3.13. The zero-order chi connectivity index (χ0) is 11.4. The average Bonchev–Trinajstić information content (AvgIpc) is 2.14. The summed E-state index contributed by atoms with van der Waals surface area (Å²) >= 11 is 0. The van der Waals surface area contributed by atoms with Gasteiger partial charge in [-0.25, -0.2) is 8.78 Å². The first kappa shape index (κ1) is 10.9. The molecule has 0 heterocycles. The van der Waals surface area contributed by atoms with Crippen LogP contribution in [0.1, 0.15) is 11.1 Å². The van der Waals surface area contributed by atoms with E-state index in [4.69, 9.17) is 11.0 Å². The molecular weight excluding hydrogens is 202 g/mol. The topological polar surface area (TPSA) is 66.9 Å². The minimum Gasteiger partial charge on any atom is -0.366 e. The van der Waals surface area contributed by atoms with Gasteiger partial charge in [0.05, 0.1) is 0 Å². The minimum absolute atomic E-state index is 0.128. The Hall–Kier alpha value is -2.22. The second kappa shape index (κ2) is 4.33. The lowest BCUT2D eigenvalue weighted by Crippen LogP contribution is -2.05. The average molecular weight is 208 g/mol. The molecule has 2 N–H and O–H groups in total. The van der Waals surface area contributed by atoms with Crippen LogP contribution in [-0.2, 0) is 4.79 Å². The SMILES string of the molecule is N#Cc1c(F)cc(C=CC(N)=O)cc1F. The summed E-state index contributed by atoms with van der Waals surface area (Å²) in [4.78, 5) is 10.4. The van der Waals surface area contributed by atoms with Crippen LogP contribution >= 0.6 is 0 Å². The van der Waals surface area contributed by atoms with E-state index in [0.29, 0.717) is 0 Å². The Morgan fingerprint density at radius 2 is 1.93 bits per heavy atom. The number of primary amides is 1. The molecule has 0 saturated heterocycles. The molecule has 3 nitrogen and oxygen atoms in total. The molecule has 0 unspecified atom stereocenters. The zero-order valence-electron chi connectivity index (χ0n) is 7.50. The highest BCUT2D eigenvalue weighted by Gasteiger charge is 2.09. The van der Waals surface area contributed by atoms with Gasteiger partial charge in [-0.2, -0.15) is 5.26 Å². The molecule has 76 valence electrons. The molecule has 0 aliphatic rings. The van der Waals surface area contributed by atoms with Gasteiger partial charge in [0, 0.05) is 6.08 Å². The number of rotatable bonds is 2. The number of hydrogen-bond acceptors (Lipinski definition) is 2. The van der Waals surface area contributed by atoms with E-state index < -0.39 is 23.1 Å². The Balaban J connectivity index is 3.16. The Morgan fingerprint density at radius 1 is 1.40 bits per heavy atom. The van der Waals surface area contributed by atoms with Crippen molar-refractivity contribution in [3.8, 4) is 6.07 Å². The quantitative estimate of drug-likeness (QED) is 0.745. The predicted octanol–water partition coefficient (Wildman–Crippen LogP) is 1.33. The van der Waals surface area contributed by atoms with E-state index in [1.807, 2.05) is 0 Å². The highest BCUT2D eigenvalue weighted by Crippen LogP contribution is 2.15. The number of carbonyl (C=O) groups excluding carboxylic acids is 1. The summed E-state index contributed by atoms with van der Waals surface area (Å²) in [6, 6.07) is 3.28. The second-order valence-electron chi connectivity index (χ2n) is 2.71. The molecule has 15 heavy (non-hydrogen) atoms. The van der Waals surface area contributed by atoms with Gasteiger partial charge >= 0.3 is 0 Å². The fourth-order valence-electron chi connectivity index (χ4n) is 0.974. The molecule has 1 amide bonds. The van der Waals surface area contributed by atoms with Gasteiger partial charge < -0.3 is 5.73 Å². The van der Waals surface area contributed by atoms with Crippen LogP contribution in [0.5, 0.6) is 0 Å². The van der Waals surface area contributed by atoms with E-state index in [0.717, 1.165) is 24.3 Å². The lowest BCUT2D eigenvalue weighted by molar-refractivity contribution is -0.113. The molecule has 0 fully saturated rings. The van der Waals surface area contributed by atoms with Gasteiger partial charge in [0.1, 0.15) is 23.3 Å². The van der Waals surface area contributed by atoms with Crippen molar-refractivity contribution in [1.29, 1.82) is 5.26 Å². The normalized spacial score (nSPS) is 10.2. The number of halogens is 2. The summed E-state index contributed by atoms with van der Waals surface area (Å²) in [6.45, 7) is 0. The third-order valence-electron chi connectivity index (χ3n) is 1.62. The molecule has 0 atom stereocenters. The van der Waals surface area contributed by atoms with Crippen molar-refractivity contribution in [3.63, 3.8) is 0 Å². The van der Waals surface area contributed by atoms with Gasteiger partial charge in [-0.3, -0.25) is 4.79 Å². The number of nitrogens with zero attached hydrogens (tertiary/aromatic N) is 1. The van der Waals surface area contributed by atoms with Crippen molar-refractivity contribution in [1.82, 2.24) is 0 Å². The second-order valence-corrected chi connectivity index (χ2v) is 2.71. The lowest BCUT2D eigenvalue weighted by Gasteiger charge is -1.98. The largest absolute Gasteiger partial charge is 0.366 e. The van der Waals surface area contributed by atoms with Crippen molar-refractivity contribution >= 4 is 12.0 Å². The van der Waals surface area contributed by atoms with Crippen LogP contribution in [0.2, 0.25) is 0 Å². The van der Waals surface area contributed by atoms with Gasteiger partial charge in [-0.15, -0.1) is 0 Å². The molecule has 1 aromatic carbocycles. The van der Waals surface area contributed by atoms with Crippen molar-refractivity contribution in [2.24, 2.45) is 5.73 Å². The van der Waals surface area contributed by atoms with Gasteiger partial charge in [0.15, 0.2) is 0 Å². The van der Waals surface area contributed by atoms with E-state index in [2.05, 4.69) is 0 Å². The lowest BCUT2D eigenvalue weighted by atomic mass is 10.1. The number of benzene rings is 1. The zero-order valence-corrected chi connectivity index (χ0v) is 7.50. The minimum atomic E-state index is -0.971. The van der Waals surface area contributed by atoms with Crippen LogP contribution in [0.25, 0.3) is 6.08 Å². The van der Waals surface area contributed by atoms with E-state index >= 15 is 0 Å². The maximum atomic E-state index is 13.0. The predicted molar refractivity (Wildman–Crippen MR) is 49.3 cm³/mol. The van der Waals surface area contributed by atoms with E-state index in [-0.39, 0.29) is 5.56 Å². The Labute approximate surface area is 84.4 Å². The maximum Gasteiger partial charge on any atom is 0.241 e. The van der Waals surface area contributed by atoms with Gasteiger partial charge in [0.2, 0.25) is 5.91 Å². The number of hydrogen-bond donors (Lipinski definition) is 1. The summed E-state index contributed by atoms with van der Waals surface area (Å²) < 4.78 is 26.0. The van der Waals surface area contributed by atoms with Crippen LogP contribution in [0.15, 0.2) is 18.2 Å². The highest BCUT2D eigenvalue weighted by atomic mass is 19.1. The fraction of sp³-hybridized carbons (Fsp3) is 0. The molecule has 0 saturated carbocycles. The van der Waals surface area contributed by atoms with Gasteiger partial charge in [-0.1, -0.05) is 0 Å². The summed E-state index contributed by atoms with van der Waals surface area (Å²) in [7, 11) is 0. The van der Waals surface area contributed by atoms with E-state index in [1.165, 1.54) is 6.07 Å². The third kappa shape index (κ3) is 2.61. The number of carbonyl (C=O) groups is 1. The summed E-state index contributed by atoms with van der Waals surface area (Å²) in [5.41, 5.74) is 4.29. The number of nitrogens with two attached hydrogens (primary N) is 1. The van der Waals surface area contributed by atoms with Crippen LogP contribution in [0, 0.1) is 23.0 Å². The molecular formula is C10H6F2N2O. The summed E-state index contributed by atoms with van der Waals surface area (Å²) in [5, 5.41) is 8.39. The van der Waals surface area contributed by atoms with Crippen LogP contribution < -0.4 is 5.73 Å². The van der Waals surface area contributed by atoms with Crippen molar-refractivity contribution in [3.05, 3.63) is 41.0 Å². The van der Waals surface area contributed by atoms with Gasteiger partial charge in [-0.05, 0) is 23.8 Å². The first-order valence-electron chi connectivity index (χ1n) is 3.91. The summed E-state index contributed by atoms with van der Waals surface area (Å²) in [6.07, 6.45) is 2.13. The molecule has 1 aromatic rings.